The Kier molecular flexibility index (Phi) is 4.92. The first-order valence-corrected chi connectivity index (χ1v) is 11.3. The van der Waals surface area contributed by atoms with Crippen LogP contribution in [0.4, 0.5) is 0 Å². The van der Waals surface area contributed by atoms with Crippen LogP contribution >= 0.6 is 31.9 Å². The van der Waals surface area contributed by atoms with E-state index in [-0.39, 0.29) is 0 Å². The number of furan rings is 2. The van der Waals surface area contributed by atoms with E-state index >= 15 is 0 Å². The van der Waals surface area contributed by atoms with E-state index in [2.05, 4.69) is 94.2 Å². The minimum absolute atomic E-state index is 0.902. The number of hydrogen-bond donors (Lipinski definition) is 0. The van der Waals surface area contributed by atoms with Crippen molar-refractivity contribution < 1.29 is 8.83 Å². The van der Waals surface area contributed by atoms with Gasteiger partial charge in [-0.25, -0.2) is 0 Å². The molecule has 0 aliphatic rings. The molecule has 0 saturated heterocycles. The molecular formula is C26H18Br2O2. The molecule has 2 aromatic heterocycles. The van der Waals surface area contributed by atoms with Crippen LogP contribution in [0.15, 0.2) is 90.6 Å². The summed E-state index contributed by atoms with van der Waals surface area (Å²) in [6.07, 6.45) is 0. The standard InChI is InChI=1S/C14H12O.C12H6Br2O/c1-9-5-3-7-11-12-8-4-6-10(2)14(12)15-13(9)11;13-9-5-1-3-7-8-4-2-6-10(14)12(8)15-11(7)9/h3-8H,1-2H3;1-6H. The molecule has 0 radical (unpaired) electrons. The predicted molar refractivity (Wildman–Crippen MR) is 132 cm³/mol. The molecule has 6 rings (SSSR count). The number of fused-ring (bicyclic) bond motifs is 6. The minimum atomic E-state index is 0.902. The molecule has 0 atom stereocenters. The van der Waals surface area contributed by atoms with E-state index in [4.69, 9.17) is 8.83 Å². The quantitative estimate of drug-likeness (QED) is 0.199. The Bertz CT molecular complexity index is 1310. The summed E-state index contributed by atoms with van der Waals surface area (Å²) in [5, 5.41) is 4.71. The molecule has 6 aromatic rings. The highest BCUT2D eigenvalue weighted by Crippen LogP contribution is 2.36. The van der Waals surface area contributed by atoms with Crippen LogP contribution < -0.4 is 0 Å². The first kappa shape index (κ1) is 19.4. The first-order chi connectivity index (χ1) is 14.5. The van der Waals surface area contributed by atoms with E-state index < -0.39 is 0 Å². The van der Waals surface area contributed by atoms with Crippen LogP contribution in [0.3, 0.4) is 0 Å². The summed E-state index contributed by atoms with van der Waals surface area (Å²) in [7, 11) is 0. The Morgan fingerprint density at radius 2 is 0.800 bits per heavy atom. The van der Waals surface area contributed by atoms with Gasteiger partial charge in [0.15, 0.2) is 0 Å². The molecule has 0 spiro atoms. The van der Waals surface area contributed by atoms with Crippen LogP contribution in [-0.2, 0) is 0 Å². The maximum absolute atomic E-state index is 5.91. The molecule has 2 heterocycles. The molecule has 4 aromatic carbocycles. The van der Waals surface area contributed by atoms with Gasteiger partial charge in [0, 0.05) is 21.5 Å². The lowest BCUT2D eigenvalue weighted by Crippen LogP contribution is -1.71. The molecule has 0 bridgehead atoms. The van der Waals surface area contributed by atoms with Crippen LogP contribution in [0.25, 0.3) is 43.9 Å². The summed E-state index contributed by atoms with van der Waals surface area (Å²) in [5.41, 5.74) is 6.23. The topological polar surface area (TPSA) is 26.3 Å². The number of halogens is 2. The summed E-state index contributed by atoms with van der Waals surface area (Å²) < 4.78 is 13.7. The van der Waals surface area contributed by atoms with Crippen molar-refractivity contribution in [1.29, 1.82) is 0 Å². The van der Waals surface area contributed by atoms with Gasteiger partial charge in [-0.3, -0.25) is 0 Å². The van der Waals surface area contributed by atoms with Gasteiger partial charge in [-0.1, -0.05) is 60.7 Å². The van der Waals surface area contributed by atoms with Gasteiger partial charge in [-0.15, -0.1) is 0 Å². The second-order valence-corrected chi connectivity index (χ2v) is 9.05. The summed E-state index contributed by atoms with van der Waals surface area (Å²) in [5.74, 6) is 0. The molecule has 148 valence electrons. The molecule has 0 aliphatic heterocycles. The van der Waals surface area contributed by atoms with Gasteiger partial charge >= 0.3 is 0 Å². The lowest BCUT2D eigenvalue weighted by atomic mass is 10.1. The predicted octanol–water partition coefficient (Wildman–Crippen LogP) is 9.31. The zero-order valence-corrected chi connectivity index (χ0v) is 19.7. The SMILES string of the molecule is Brc1cccc2c1oc1c(Br)cccc12.Cc1cccc2c1oc1c(C)cccc12. The van der Waals surface area contributed by atoms with Crippen LogP contribution in [0.2, 0.25) is 0 Å². The third-order valence-corrected chi connectivity index (χ3v) is 6.60. The third-order valence-electron chi connectivity index (χ3n) is 5.35. The average Bonchev–Trinajstić information content (AvgIpc) is 3.31. The molecule has 0 aliphatic carbocycles. The van der Waals surface area contributed by atoms with Crippen molar-refractivity contribution in [1.82, 2.24) is 0 Å². The Balaban J connectivity index is 0.000000128. The van der Waals surface area contributed by atoms with Crippen molar-refractivity contribution in [3.63, 3.8) is 0 Å². The van der Waals surface area contributed by atoms with Gasteiger partial charge in [0.25, 0.3) is 0 Å². The van der Waals surface area contributed by atoms with Crippen molar-refractivity contribution in [2.24, 2.45) is 0 Å². The van der Waals surface area contributed by atoms with E-state index in [0.29, 0.717) is 0 Å². The van der Waals surface area contributed by atoms with E-state index in [0.717, 1.165) is 42.0 Å². The number of para-hydroxylation sites is 4. The maximum atomic E-state index is 5.91. The smallest absolute Gasteiger partial charge is 0.149 e. The van der Waals surface area contributed by atoms with Gasteiger partial charge in [0.1, 0.15) is 22.3 Å². The summed E-state index contributed by atoms with van der Waals surface area (Å²) in [6, 6.07) is 24.7. The molecule has 4 heteroatoms. The zero-order valence-electron chi connectivity index (χ0n) is 16.5. The number of rotatable bonds is 0. The third kappa shape index (κ3) is 3.15. The lowest BCUT2D eigenvalue weighted by molar-refractivity contribution is 0.662. The fraction of sp³-hybridized carbons (Fsp3) is 0.0769. The second-order valence-electron chi connectivity index (χ2n) is 7.34. The van der Waals surface area contributed by atoms with Gasteiger partial charge in [-0.05, 0) is 69.0 Å². The first-order valence-electron chi connectivity index (χ1n) is 9.67. The molecular weight excluding hydrogens is 504 g/mol. The van der Waals surface area contributed by atoms with Crippen molar-refractivity contribution in [2.45, 2.75) is 13.8 Å². The summed E-state index contributed by atoms with van der Waals surface area (Å²) in [4.78, 5) is 0. The van der Waals surface area contributed by atoms with Gasteiger partial charge in [-0.2, -0.15) is 0 Å². The number of aryl methyl sites for hydroxylation is 2. The zero-order chi connectivity index (χ0) is 20.8. The normalized spacial score (nSPS) is 11.3. The van der Waals surface area contributed by atoms with Crippen LogP contribution in [-0.4, -0.2) is 0 Å². The number of hydrogen-bond acceptors (Lipinski definition) is 2. The van der Waals surface area contributed by atoms with Crippen molar-refractivity contribution >= 4 is 75.7 Å². The average molecular weight is 522 g/mol. The van der Waals surface area contributed by atoms with Crippen LogP contribution in [0, 0.1) is 13.8 Å². The fourth-order valence-corrected chi connectivity index (χ4v) is 4.75. The Morgan fingerprint density at radius 1 is 0.467 bits per heavy atom. The fourth-order valence-electron chi connectivity index (χ4n) is 3.85. The van der Waals surface area contributed by atoms with Gasteiger partial charge in [0.2, 0.25) is 0 Å². The summed E-state index contributed by atoms with van der Waals surface area (Å²) in [6.45, 7) is 4.17. The lowest BCUT2D eigenvalue weighted by Gasteiger charge is -1.91. The minimum Gasteiger partial charge on any atom is -0.456 e. The summed E-state index contributed by atoms with van der Waals surface area (Å²) >= 11 is 6.98. The van der Waals surface area contributed by atoms with E-state index in [1.165, 1.54) is 21.9 Å². The van der Waals surface area contributed by atoms with Crippen molar-refractivity contribution in [2.75, 3.05) is 0 Å². The molecule has 0 amide bonds. The van der Waals surface area contributed by atoms with E-state index in [1.54, 1.807) is 0 Å². The van der Waals surface area contributed by atoms with Gasteiger partial charge < -0.3 is 8.83 Å². The molecule has 2 nitrogen and oxygen atoms in total. The largest absolute Gasteiger partial charge is 0.456 e. The Morgan fingerprint density at radius 3 is 1.23 bits per heavy atom. The van der Waals surface area contributed by atoms with E-state index in [1.807, 2.05) is 24.3 Å². The molecule has 0 unspecified atom stereocenters. The van der Waals surface area contributed by atoms with Crippen molar-refractivity contribution in [3.05, 3.63) is 92.9 Å². The van der Waals surface area contributed by atoms with E-state index in [9.17, 15) is 0 Å². The molecule has 0 fully saturated rings. The maximum Gasteiger partial charge on any atom is 0.149 e. The molecule has 30 heavy (non-hydrogen) atoms. The highest BCUT2D eigenvalue weighted by Gasteiger charge is 2.11. The van der Waals surface area contributed by atoms with Crippen molar-refractivity contribution in [3.8, 4) is 0 Å². The van der Waals surface area contributed by atoms with Crippen LogP contribution in [0.5, 0.6) is 0 Å². The Labute approximate surface area is 190 Å². The Hall–Kier alpha value is -2.56. The molecule has 0 N–H and O–H groups in total. The molecule has 0 saturated carbocycles. The highest BCUT2D eigenvalue weighted by atomic mass is 79.9. The number of benzene rings is 4. The monoisotopic (exact) mass is 520 g/mol. The highest BCUT2D eigenvalue weighted by molar-refractivity contribution is 9.11. The van der Waals surface area contributed by atoms with Crippen LogP contribution in [0.1, 0.15) is 11.1 Å². The second kappa shape index (κ2) is 7.60. The van der Waals surface area contributed by atoms with Gasteiger partial charge in [0.05, 0.1) is 8.95 Å².